The predicted molar refractivity (Wildman–Crippen MR) is 107 cm³/mol. The Hall–Kier alpha value is -3.19. The van der Waals surface area contributed by atoms with Crippen LogP contribution in [0.25, 0.3) is 0 Å². The van der Waals surface area contributed by atoms with E-state index in [1.54, 1.807) is 36.4 Å². The number of nitrogens with one attached hydrogen (secondary N) is 2. The lowest BCUT2D eigenvalue weighted by Crippen LogP contribution is -2.24. The Labute approximate surface area is 170 Å². The van der Waals surface area contributed by atoms with Gasteiger partial charge < -0.3 is 15.4 Å². The summed E-state index contributed by atoms with van der Waals surface area (Å²) in [4.78, 5) is 12.2. The third-order valence-corrected chi connectivity index (χ3v) is 4.20. The van der Waals surface area contributed by atoms with E-state index in [0.717, 1.165) is 6.07 Å². The largest absolute Gasteiger partial charge is 0.455 e. The van der Waals surface area contributed by atoms with E-state index in [1.807, 2.05) is 18.2 Å². The molecule has 1 amide bonds. The standard InChI is InChI=1S/C21H16ClF3N2O2/c22-16-10-6-9-15(21(23,24)25)20(16)27-19(28)13-26-17-11-4-5-12-18(17)29-14-7-2-1-3-8-14/h1-12,26H,13H2,(H,27,28). The first-order valence-electron chi connectivity index (χ1n) is 8.56. The van der Waals surface area contributed by atoms with Crippen LogP contribution in [0, 0.1) is 0 Å². The normalized spacial score (nSPS) is 11.0. The number of hydrogen-bond donors (Lipinski definition) is 2. The molecule has 2 N–H and O–H groups in total. The third-order valence-electron chi connectivity index (χ3n) is 3.88. The summed E-state index contributed by atoms with van der Waals surface area (Å²) in [6, 6.07) is 19.3. The van der Waals surface area contributed by atoms with Crippen molar-refractivity contribution in [2.45, 2.75) is 6.18 Å². The minimum atomic E-state index is -4.64. The van der Waals surface area contributed by atoms with Crippen LogP contribution in [-0.4, -0.2) is 12.5 Å². The number of amides is 1. The lowest BCUT2D eigenvalue weighted by atomic mass is 10.1. The van der Waals surface area contributed by atoms with Crippen LogP contribution in [0.3, 0.4) is 0 Å². The summed E-state index contributed by atoms with van der Waals surface area (Å²) in [5.74, 6) is 0.399. The number of halogens is 4. The SMILES string of the molecule is O=C(CNc1ccccc1Oc1ccccc1)Nc1c(Cl)cccc1C(F)(F)F. The number of para-hydroxylation sites is 4. The molecule has 3 rings (SSSR count). The molecule has 3 aromatic carbocycles. The van der Waals surface area contributed by atoms with E-state index in [9.17, 15) is 18.0 Å². The van der Waals surface area contributed by atoms with Gasteiger partial charge in [-0.1, -0.05) is 48.0 Å². The van der Waals surface area contributed by atoms with E-state index >= 15 is 0 Å². The van der Waals surface area contributed by atoms with E-state index in [2.05, 4.69) is 10.6 Å². The van der Waals surface area contributed by atoms with Crippen molar-refractivity contribution in [3.63, 3.8) is 0 Å². The van der Waals surface area contributed by atoms with Crippen LogP contribution in [0.5, 0.6) is 11.5 Å². The number of rotatable bonds is 6. The van der Waals surface area contributed by atoms with Gasteiger partial charge in [0.1, 0.15) is 5.75 Å². The third kappa shape index (κ3) is 5.42. The van der Waals surface area contributed by atoms with E-state index in [0.29, 0.717) is 17.2 Å². The Morgan fingerprint density at radius 2 is 1.62 bits per heavy atom. The summed E-state index contributed by atoms with van der Waals surface area (Å²) in [6.07, 6.45) is -4.64. The second-order valence-corrected chi connectivity index (χ2v) is 6.38. The molecular weight excluding hydrogens is 405 g/mol. The molecule has 0 aliphatic heterocycles. The molecule has 29 heavy (non-hydrogen) atoms. The summed E-state index contributed by atoms with van der Waals surface area (Å²) in [5, 5.41) is 4.91. The van der Waals surface area contributed by atoms with Crippen molar-refractivity contribution >= 4 is 28.9 Å². The maximum Gasteiger partial charge on any atom is 0.418 e. The molecule has 0 saturated heterocycles. The second-order valence-electron chi connectivity index (χ2n) is 5.97. The molecule has 0 spiro atoms. The number of carbonyl (C=O) groups is 1. The van der Waals surface area contributed by atoms with Gasteiger partial charge in [-0.15, -0.1) is 0 Å². The number of alkyl halides is 3. The minimum absolute atomic E-state index is 0.194. The van der Waals surface area contributed by atoms with Gasteiger partial charge in [-0.3, -0.25) is 4.79 Å². The van der Waals surface area contributed by atoms with Gasteiger partial charge in [-0.2, -0.15) is 13.2 Å². The molecule has 0 fully saturated rings. The average Bonchev–Trinajstić information content (AvgIpc) is 2.69. The Balaban J connectivity index is 1.70. The summed E-state index contributed by atoms with van der Waals surface area (Å²) < 4.78 is 45.2. The maximum absolute atomic E-state index is 13.1. The first-order chi connectivity index (χ1) is 13.8. The van der Waals surface area contributed by atoms with Crippen LogP contribution in [0.4, 0.5) is 24.5 Å². The Kier molecular flexibility index (Phi) is 6.29. The topological polar surface area (TPSA) is 50.4 Å². The number of ether oxygens (including phenoxy) is 1. The van der Waals surface area contributed by atoms with Gasteiger partial charge in [0.2, 0.25) is 5.91 Å². The monoisotopic (exact) mass is 420 g/mol. The van der Waals surface area contributed by atoms with Crippen molar-refractivity contribution in [1.29, 1.82) is 0 Å². The highest BCUT2D eigenvalue weighted by molar-refractivity contribution is 6.34. The van der Waals surface area contributed by atoms with Crippen molar-refractivity contribution in [1.82, 2.24) is 0 Å². The predicted octanol–water partition coefficient (Wildman–Crippen LogP) is 6.20. The fraction of sp³-hybridized carbons (Fsp3) is 0.0952. The van der Waals surface area contributed by atoms with E-state index < -0.39 is 23.3 Å². The molecule has 0 aliphatic carbocycles. The van der Waals surface area contributed by atoms with Crippen LogP contribution in [0.1, 0.15) is 5.56 Å². The number of anilines is 2. The number of benzene rings is 3. The van der Waals surface area contributed by atoms with Crippen LogP contribution >= 0.6 is 11.6 Å². The molecule has 0 aliphatic rings. The summed E-state index contributed by atoms with van der Waals surface area (Å²) in [6.45, 7) is -0.280. The molecular formula is C21H16ClF3N2O2. The van der Waals surface area contributed by atoms with E-state index in [4.69, 9.17) is 16.3 Å². The van der Waals surface area contributed by atoms with Crippen LogP contribution in [-0.2, 0) is 11.0 Å². The highest BCUT2D eigenvalue weighted by atomic mass is 35.5. The van der Waals surface area contributed by atoms with Gasteiger partial charge in [-0.25, -0.2) is 0 Å². The fourth-order valence-electron chi connectivity index (χ4n) is 2.56. The Morgan fingerprint density at radius 1 is 0.931 bits per heavy atom. The summed E-state index contributed by atoms with van der Waals surface area (Å²) in [5.41, 5.74) is -0.963. The summed E-state index contributed by atoms with van der Waals surface area (Å²) >= 11 is 5.86. The van der Waals surface area contributed by atoms with Crippen LogP contribution in [0.2, 0.25) is 5.02 Å². The zero-order valence-electron chi connectivity index (χ0n) is 15.0. The highest BCUT2D eigenvalue weighted by Gasteiger charge is 2.34. The van der Waals surface area contributed by atoms with Crippen molar-refractivity contribution in [2.24, 2.45) is 0 Å². The van der Waals surface area contributed by atoms with Crippen molar-refractivity contribution in [3.8, 4) is 11.5 Å². The zero-order chi connectivity index (χ0) is 20.9. The van der Waals surface area contributed by atoms with Gasteiger partial charge in [0, 0.05) is 0 Å². The van der Waals surface area contributed by atoms with Crippen molar-refractivity contribution in [3.05, 3.63) is 83.4 Å². The molecule has 0 bridgehead atoms. The average molecular weight is 421 g/mol. The van der Waals surface area contributed by atoms with Gasteiger partial charge >= 0.3 is 6.18 Å². The molecule has 8 heteroatoms. The van der Waals surface area contributed by atoms with Crippen LogP contribution < -0.4 is 15.4 Å². The number of carbonyl (C=O) groups excluding carboxylic acids is 1. The molecule has 0 aromatic heterocycles. The second kappa shape index (κ2) is 8.87. The summed E-state index contributed by atoms with van der Waals surface area (Å²) in [7, 11) is 0. The quantitative estimate of drug-likeness (QED) is 0.499. The molecule has 0 unspecified atom stereocenters. The maximum atomic E-state index is 13.1. The van der Waals surface area contributed by atoms with E-state index in [-0.39, 0.29) is 11.6 Å². The molecule has 0 atom stereocenters. The minimum Gasteiger partial charge on any atom is -0.455 e. The Morgan fingerprint density at radius 3 is 2.34 bits per heavy atom. The van der Waals surface area contributed by atoms with Gasteiger partial charge in [0.25, 0.3) is 0 Å². The molecule has 4 nitrogen and oxygen atoms in total. The Bertz CT molecular complexity index is 995. The zero-order valence-corrected chi connectivity index (χ0v) is 15.7. The van der Waals surface area contributed by atoms with Crippen molar-refractivity contribution in [2.75, 3.05) is 17.2 Å². The molecule has 0 saturated carbocycles. The highest BCUT2D eigenvalue weighted by Crippen LogP contribution is 2.38. The molecule has 0 heterocycles. The van der Waals surface area contributed by atoms with Crippen molar-refractivity contribution < 1.29 is 22.7 Å². The first kappa shape index (κ1) is 20.5. The van der Waals surface area contributed by atoms with Crippen LogP contribution in [0.15, 0.2) is 72.8 Å². The fourth-order valence-corrected chi connectivity index (χ4v) is 2.79. The molecule has 3 aromatic rings. The van der Waals surface area contributed by atoms with Gasteiger partial charge in [0.15, 0.2) is 5.75 Å². The number of hydrogen-bond acceptors (Lipinski definition) is 3. The smallest absolute Gasteiger partial charge is 0.418 e. The first-order valence-corrected chi connectivity index (χ1v) is 8.94. The van der Waals surface area contributed by atoms with Gasteiger partial charge in [-0.05, 0) is 36.4 Å². The van der Waals surface area contributed by atoms with E-state index in [1.165, 1.54) is 12.1 Å². The molecule has 150 valence electrons. The lowest BCUT2D eigenvalue weighted by molar-refractivity contribution is -0.137. The lowest BCUT2D eigenvalue weighted by Gasteiger charge is -2.16. The van der Waals surface area contributed by atoms with Gasteiger partial charge in [0.05, 0.1) is 28.5 Å². The molecule has 0 radical (unpaired) electrons.